The molecule has 0 fully saturated rings. The van der Waals surface area contributed by atoms with Crippen molar-refractivity contribution in [3.63, 3.8) is 0 Å². The molecule has 0 aromatic heterocycles. The Bertz CT molecular complexity index is 918. The second-order valence-electron chi connectivity index (χ2n) is 6.95. The van der Waals surface area contributed by atoms with Gasteiger partial charge in [0.25, 0.3) is 5.91 Å². The summed E-state index contributed by atoms with van der Waals surface area (Å²) in [5.41, 5.74) is 1.22. The SMILES string of the molecule is CC(C)NS(=O)(=O)c1ccc(Cl)c(C(=O)NCCCOC(C)c2ccccc2)c1. The highest BCUT2D eigenvalue weighted by Gasteiger charge is 2.19. The average Bonchev–Trinajstić information content (AvgIpc) is 2.67. The van der Waals surface area contributed by atoms with E-state index in [0.717, 1.165) is 5.56 Å². The molecule has 0 aliphatic carbocycles. The monoisotopic (exact) mass is 438 g/mol. The molecule has 2 aromatic rings. The third-order valence-corrected chi connectivity index (χ3v) is 6.11. The van der Waals surface area contributed by atoms with Crippen LogP contribution in [-0.2, 0) is 14.8 Å². The highest BCUT2D eigenvalue weighted by Crippen LogP contribution is 2.21. The number of ether oxygens (including phenoxy) is 1. The van der Waals surface area contributed by atoms with Gasteiger partial charge >= 0.3 is 0 Å². The Morgan fingerprint density at radius 2 is 1.79 bits per heavy atom. The molecule has 158 valence electrons. The second kappa shape index (κ2) is 10.7. The molecular formula is C21H27ClN2O4S. The van der Waals surface area contributed by atoms with Crippen LogP contribution in [0.2, 0.25) is 5.02 Å². The molecule has 0 aliphatic heterocycles. The first-order valence-electron chi connectivity index (χ1n) is 9.47. The molecule has 1 atom stereocenters. The Kier molecular flexibility index (Phi) is 8.64. The predicted molar refractivity (Wildman–Crippen MR) is 115 cm³/mol. The first kappa shape index (κ1) is 23.3. The quantitative estimate of drug-likeness (QED) is 0.550. The van der Waals surface area contributed by atoms with Crippen molar-refractivity contribution in [2.24, 2.45) is 0 Å². The lowest BCUT2D eigenvalue weighted by Gasteiger charge is -2.14. The highest BCUT2D eigenvalue weighted by atomic mass is 35.5. The van der Waals surface area contributed by atoms with E-state index < -0.39 is 15.9 Å². The largest absolute Gasteiger partial charge is 0.374 e. The minimum absolute atomic E-state index is 0.000712. The van der Waals surface area contributed by atoms with E-state index in [-0.39, 0.29) is 27.6 Å². The molecule has 0 spiro atoms. The maximum absolute atomic E-state index is 12.4. The van der Waals surface area contributed by atoms with Crippen molar-refractivity contribution in [1.29, 1.82) is 0 Å². The molecule has 1 unspecified atom stereocenters. The average molecular weight is 439 g/mol. The molecule has 6 nitrogen and oxygen atoms in total. The van der Waals surface area contributed by atoms with E-state index in [2.05, 4.69) is 10.0 Å². The van der Waals surface area contributed by atoms with Gasteiger partial charge in [-0.2, -0.15) is 0 Å². The van der Waals surface area contributed by atoms with Crippen LogP contribution < -0.4 is 10.0 Å². The fourth-order valence-corrected chi connectivity index (χ4v) is 4.15. The molecule has 8 heteroatoms. The van der Waals surface area contributed by atoms with Gasteiger partial charge in [0.15, 0.2) is 0 Å². The van der Waals surface area contributed by atoms with Crippen LogP contribution in [0.5, 0.6) is 0 Å². The van der Waals surface area contributed by atoms with E-state index in [1.54, 1.807) is 13.8 Å². The van der Waals surface area contributed by atoms with E-state index >= 15 is 0 Å². The van der Waals surface area contributed by atoms with E-state index in [0.29, 0.717) is 19.6 Å². The number of amides is 1. The minimum atomic E-state index is -3.71. The van der Waals surface area contributed by atoms with Crippen LogP contribution in [0.25, 0.3) is 0 Å². The van der Waals surface area contributed by atoms with Crippen molar-refractivity contribution in [1.82, 2.24) is 10.0 Å². The molecule has 0 saturated carbocycles. The number of carbonyl (C=O) groups is 1. The van der Waals surface area contributed by atoms with Gasteiger partial charge in [-0.05, 0) is 51.0 Å². The molecule has 0 heterocycles. The number of carbonyl (C=O) groups excluding carboxylic acids is 1. The summed E-state index contributed by atoms with van der Waals surface area (Å²) in [6, 6.07) is 13.7. The summed E-state index contributed by atoms with van der Waals surface area (Å²) >= 11 is 6.10. The summed E-state index contributed by atoms with van der Waals surface area (Å²) in [7, 11) is -3.71. The van der Waals surface area contributed by atoms with Crippen molar-refractivity contribution in [2.75, 3.05) is 13.2 Å². The topological polar surface area (TPSA) is 84.5 Å². The zero-order valence-corrected chi connectivity index (χ0v) is 18.4. The van der Waals surface area contributed by atoms with Crippen LogP contribution >= 0.6 is 11.6 Å². The summed E-state index contributed by atoms with van der Waals surface area (Å²) < 4.78 is 32.9. The molecule has 2 rings (SSSR count). The van der Waals surface area contributed by atoms with Crippen molar-refractivity contribution in [3.8, 4) is 0 Å². The van der Waals surface area contributed by atoms with Crippen LogP contribution in [-0.4, -0.2) is 33.5 Å². The lowest BCUT2D eigenvalue weighted by Crippen LogP contribution is -2.31. The van der Waals surface area contributed by atoms with Gasteiger partial charge in [-0.25, -0.2) is 13.1 Å². The lowest BCUT2D eigenvalue weighted by atomic mass is 10.1. The highest BCUT2D eigenvalue weighted by molar-refractivity contribution is 7.89. The number of benzene rings is 2. The van der Waals surface area contributed by atoms with Crippen molar-refractivity contribution in [2.45, 2.75) is 44.2 Å². The van der Waals surface area contributed by atoms with Gasteiger partial charge < -0.3 is 10.1 Å². The van der Waals surface area contributed by atoms with Gasteiger partial charge in [0.1, 0.15) is 0 Å². The number of sulfonamides is 1. The summed E-state index contributed by atoms with van der Waals surface area (Å²) in [5, 5.41) is 2.95. The molecule has 0 saturated heterocycles. The first-order valence-corrected chi connectivity index (χ1v) is 11.3. The third kappa shape index (κ3) is 7.12. The van der Waals surface area contributed by atoms with Crippen LogP contribution in [0.1, 0.15) is 49.2 Å². The molecule has 0 bridgehead atoms. The molecule has 29 heavy (non-hydrogen) atoms. The third-order valence-electron chi connectivity index (χ3n) is 4.13. The molecule has 1 amide bonds. The first-order chi connectivity index (χ1) is 13.7. The fraction of sp³-hybridized carbons (Fsp3) is 0.381. The summed E-state index contributed by atoms with van der Waals surface area (Å²) in [6.45, 7) is 6.29. The zero-order chi connectivity index (χ0) is 21.4. The summed E-state index contributed by atoms with van der Waals surface area (Å²) in [4.78, 5) is 12.4. The van der Waals surface area contributed by atoms with Crippen molar-refractivity contribution in [3.05, 3.63) is 64.7 Å². The maximum Gasteiger partial charge on any atom is 0.252 e. The molecule has 0 radical (unpaired) electrons. The van der Waals surface area contributed by atoms with E-state index in [1.807, 2.05) is 37.3 Å². The normalized spacial score (nSPS) is 12.7. The van der Waals surface area contributed by atoms with Crippen LogP contribution in [0.4, 0.5) is 0 Å². The predicted octanol–water partition coefficient (Wildman–Crippen LogP) is 3.92. The molecule has 2 aromatic carbocycles. The van der Waals surface area contributed by atoms with Gasteiger partial charge in [-0.1, -0.05) is 41.9 Å². The van der Waals surface area contributed by atoms with Crippen LogP contribution in [0, 0.1) is 0 Å². The number of hydrogen-bond acceptors (Lipinski definition) is 4. The van der Waals surface area contributed by atoms with Crippen LogP contribution in [0.3, 0.4) is 0 Å². The van der Waals surface area contributed by atoms with Crippen molar-refractivity contribution < 1.29 is 17.9 Å². The van der Waals surface area contributed by atoms with Crippen LogP contribution in [0.15, 0.2) is 53.4 Å². The molecular weight excluding hydrogens is 412 g/mol. The Morgan fingerprint density at radius 3 is 2.45 bits per heavy atom. The van der Waals surface area contributed by atoms with Gasteiger partial charge in [-0.3, -0.25) is 4.79 Å². The number of nitrogens with one attached hydrogen (secondary N) is 2. The van der Waals surface area contributed by atoms with E-state index in [4.69, 9.17) is 16.3 Å². The summed E-state index contributed by atoms with van der Waals surface area (Å²) in [5.74, 6) is -0.423. The Balaban J connectivity index is 1.88. The maximum atomic E-state index is 12.4. The van der Waals surface area contributed by atoms with Gasteiger partial charge in [0.05, 0.1) is 21.6 Å². The number of halogens is 1. The van der Waals surface area contributed by atoms with E-state index in [1.165, 1.54) is 18.2 Å². The second-order valence-corrected chi connectivity index (χ2v) is 9.07. The fourth-order valence-electron chi connectivity index (χ4n) is 2.67. The molecule has 0 aliphatic rings. The van der Waals surface area contributed by atoms with Gasteiger partial charge in [0.2, 0.25) is 10.0 Å². The Hall–Kier alpha value is -1.93. The molecule has 2 N–H and O–H groups in total. The standard InChI is InChI=1S/C21H27ClN2O4S/c1-15(2)24-29(26,27)18-10-11-20(22)19(14-18)21(25)23-12-7-13-28-16(3)17-8-5-4-6-9-17/h4-6,8-11,14-16,24H,7,12-13H2,1-3H3,(H,23,25). The minimum Gasteiger partial charge on any atom is -0.374 e. The zero-order valence-electron chi connectivity index (χ0n) is 16.8. The number of rotatable bonds is 10. The van der Waals surface area contributed by atoms with E-state index in [9.17, 15) is 13.2 Å². The van der Waals surface area contributed by atoms with Gasteiger partial charge in [0, 0.05) is 19.2 Å². The van der Waals surface area contributed by atoms with Crippen molar-refractivity contribution >= 4 is 27.5 Å². The smallest absolute Gasteiger partial charge is 0.252 e. The van der Waals surface area contributed by atoms with Gasteiger partial charge in [-0.15, -0.1) is 0 Å². The summed E-state index contributed by atoms with van der Waals surface area (Å²) in [6.07, 6.45) is 0.588. The Morgan fingerprint density at radius 1 is 1.10 bits per heavy atom. The lowest BCUT2D eigenvalue weighted by molar-refractivity contribution is 0.0635. The number of hydrogen-bond donors (Lipinski definition) is 2. The Labute approximate surface area is 177 Å².